The number of nitrogens with one attached hydrogen (secondary N) is 2. The zero-order valence-corrected chi connectivity index (χ0v) is 22.0. The van der Waals surface area contributed by atoms with Crippen LogP contribution in [0.4, 0.5) is 0 Å². The SMILES string of the molecule is CCCC(CCO)CNC(=NCc1ccc(S(=O)(=O)N(C)C(C)C)cc1)NCC.I. The first-order valence-electron chi connectivity index (χ1n) is 10.5. The average Bonchev–Trinajstić information content (AvgIpc) is 2.69. The third kappa shape index (κ3) is 9.49. The first kappa shape index (κ1) is 29.1. The third-order valence-corrected chi connectivity index (χ3v) is 6.93. The number of aliphatic hydroxyl groups excluding tert-OH is 1. The first-order chi connectivity index (χ1) is 13.8. The highest BCUT2D eigenvalue weighted by molar-refractivity contribution is 14.0. The van der Waals surface area contributed by atoms with Crippen molar-refractivity contribution in [2.45, 2.75) is 64.4 Å². The van der Waals surface area contributed by atoms with Crippen molar-refractivity contribution < 1.29 is 13.5 Å². The van der Waals surface area contributed by atoms with E-state index in [1.54, 1.807) is 31.3 Å². The lowest BCUT2D eigenvalue weighted by molar-refractivity contribution is 0.251. The molecule has 9 heteroatoms. The number of aliphatic hydroxyl groups is 1. The van der Waals surface area contributed by atoms with Crippen molar-refractivity contribution in [2.24, 2.45) is 10.9 Å². The van der Waals surface area contributed by atoms with E-state index in [4.69, 9.17) is 0 Å². The highest BCUT2D eigenvalue weighted by atomic mass is 127. The van der Waals surface area contributed by atoms with Crippen LogP contribution in [0.3, 0.4) is 0 Å². The van der Waals surface area contributed by atoms with Gasteiger partial charge in [-0.05, 0) is 57.2 Å². The van der Waals surface area contributed by atoms with Gasteiger partial charge in [-0.15, -0.1) is 24.0 Å². The Morgan fingerprint density at radius 1 is 1.13 bits per heavy atom. The number of halogens is 1. The van der Waals surface area contributed by atoms with Gasteiger partial charge in [-0.1, -0.05) is 25.5 Å². The van der Waals surface area contributed by atoms with Gasteiger partial charge in [-0.25, -0.2) is 13.4 Å². The van der Waals surface area contributed by atoms with Gasteiger partial charge >= 0.3 is 0 Å². The molecule has 1 aromatic rings. The zero-order chi connectivity index (χ0) is 21.9. The molecule has 0 saturated carbocycles. The Labute approximate surface area is 199 Å². The molecule has 3 N–H and O–H groups in total. The second-order valence-corrected chi connectivity index (χ2v) is 9.50. The number of aliphatic imine (C=N–C) groups is 1. The summed E-state index contributed by atoms with van der Waals surface area (Å²) < 4.78 is 26.5. The summed E-state index contributed by atoms with van der Waals surface area (Å²) in [6, 6.07) is 6.79. The van der Waals surface area contributed by atoms with Crippen LogP contribution in [0.2, 0.25) is 0 Å². The standard InChI is InChI=1S/C21H38N4O3S.HI/c1-6-8-18(13-14-26)15-23-21(22-7-2)24-16-19-9-11-20(12-10-19)29(27,28)25(5)17(3)4;/h9-12,17-18,26H,6-8,13-16H2,1-5H3,(H2,22,23,24);1H. The molecule has 0 radical (unpaired) electrons. The number of guanidine groups is 1. The summed E-state index contributed by atoms with van der Waals surface area (Å²) in [6.45, 7) is 10.0. The van der Waals surface area contributed by atoms with Crippen molar-refractivity contribution in [1.82, 2.24) is 14.9 Å². The predicted octanol–water partition coefficient (Wildman–Crippen LogP) is 3.19. The summed E-state index contributed by atoms with van der Waals surface area (Å²) in [4.78, 5) is 4.89. The van der Waals surface area contributed by atoms with Crippen LogP contribution < -0.4 is 10.6 Å². The lowest BCUT2D eigenvalue weighted by atomic mass is 10.0. The van der Waals surface area contributed by atoms with E-state index < -0.39 is 10.0 Å². The molecule has 0 saturated heterocycles. The van der Waals surface area contributed by atoms with Crippen molar-refractivity contribution >= 4 is 40.0 Å². The maximum absolute atomic E-state index is 12.6. The maximum atomic E-state index is 12.6. The zero-order valence-electron chi connectivity index (χ0n) is 18.9. The highest BCUT2D eigenvalue weighted by Crippen LogP contribution is 2.17. The fourth-order valence-corrected chi connectivity index (χ4v) is 4.27. The lowest BCUT2D eigenvalue weighted by Crippen LogP contribution is -2.40. The van der Waals surface area contributed by atoms with Crippen LogP contribution in [0.15, 0.2) is 34.2 Å². The molecule has 1 unspecified atom stereocenters. The minimum Gasteiger partial charge on any atom is -0.396 e. The van der Waals surface area contributed by atoms with E-state index in [-0.39, 0.29) is 41.5 Å². The molecule has 1 atom stereocenters. The van der Waals surface area contributed by atoms with Crippen LogP contribution in [0.25, 0.3) is 0 Å². The smallest absolute Gasteiger partial charge is 0.243 e. The molecule has 0 amide bonds. The summed E-state index contributed by atoms with van der Waals surface area (Å²) in [5, 5.41) is 15.8. The monoisotopic (exact) mass is 554 g/mol. The van der Waals surface area contributed by atoms with Crippen LogP contribution >= 0.6 is 24.0 Å². The van der Waals surface area contributed by atoms with Gasteiger partial charge in [0.2, 0.25) is 10.0 Å². The van der Waals surface area contributed by atoms with E-state index >= 15 is 0 Å². The molecule has 0 aliphatic heterocycles. The number of hydrogen-bond acceptors (Lipinski definition) is 4. The Bertz CT molecular complexity index is 718. The van der Waals surface area contributed by atoms with Gasteiger partial charge in [0, 0.05) is 32.8 Å². The predicted molar refractivity (Wildman–Crippen MR) is 135 cm³/mol. The normalized spacial score (nSPS) is 13.3. The van der Waals surface area contributed by atoms with Crippen LogP contribution in [-0.4, -0.2) is 56.6 Å². The number of hydrogen-bond donors (Lipinski definition) is 3. The van der Waals surface area contributed by atoms with E-state index in [1.165, 1.54) is 4.31 Å². The molecule has 0 fully saturated rings. The minimum absolute atomic E-state index is 0. The molecule has 0 aliphatic carbocycles. The summed E-state index contributed by atoms with van der Waals surface area (Å²) in [5.41, 5.74) is 0.939. The maximum Gasteiger partial charge on any atom is 0.243 e. The largest absolute Gasteiger partial charge is 0.396 e. The van der Waals surface area contributed by atoms with Crippen LogP contribution in [-0.2, 0) is 16.6 Å². The fourth-order valence-electron chi connectivity index (χ4n) is 2.90. The minimum atomic E-state index is -3.47. The third-order valence-electron chi connectivity index (χ3n) is 4.88. The van der Waals surface area contributed by atoms with Crippen LogP contribution in [0.1, 0.15) is 52.5 Å². The fraction of sp³-hybridized carbons (Fsp3) is 0.667. The summed E-state index contributed by atoms with van der Waals surface area (Å²) in [6.07, 6.45) is 2.93. The summed E-state index contributed by atoms with van der Waals surface area (Å²) in [7, 11) is -1.88. The van der Waals surface area contributed by atoms with Crippen LogP contribution in [0.5, 0.6) is 0 Å². The van der Waals surface area contributed by atoms with Crippen molar-refractivity contribution in [2.75, 3.05) is 26.7 Å². The topological polar surface area (TPSA) is 94.0 Å². The van der Waals surface area contributed by atoms with E-state index in [0.29, 0.717) is 12.5 Å². The number of sulfonamides is 1. The molecule has 0 heterocycles. The van der Waals surface area contributed by atoms with E-state index in [1.807, 2.05) is 20.8 Å². The molecular formula is C21H39IN4O3S. The van der Waals surface area contributed by atoms with Crippen molar-refractivity contribution in [3.63, 3.8) is 0 Å². The molecule has 0 aliphatic rings. The summed E-state index contributed by atoms with van der Waals surface area (Å²) >= 11 is 0. The first-order valence-corrected chi connectivity index (χ1v) is 11.9. The molecule has 0 spiro atoms. The Morgan fingerprint density at radius 2 is 1.77 bits per heavy atom. The summed E-state index contributed by atoms with van der Waals surface area (Å²) in [5.74, 6) is 1.14. The van der Waals surface area contributed by atoms with Crippen molar-refractivity contribution in [3.8, 4) is 0 Å². The van der Waals surface area contributed by atoms with Crippen molar-refractivity contribution in [1.29, 1.82) is 0 Å². The molecule has 0 bridgehead atoms. The van der Waals surface area contributed by atoms with Crippen molar-refractivity contribution in [3.05, 3.63) is 29.8 Å². The van der Waals surface area contributed by atoms with Gasteiger partial charge in [0.15, 0.2) is 5.96 Å². The van der Waals surface area contributed by atoms with E-state index in [9.17, 15) is 13.5 Å². The quantitative estimate of drug-likeness (QED) is 0.210. The Morgan fingerprint density at radius 3 is 2.27 bits per heavy atom. The van der Waals surface area contributed by atoms with Gasteiger partial charge in [-0.2, -0.15) is 4.31 Å². The Kier molecular flexibility index (Phi) is 14.5. The number of nitrogens with zero attached hydrogens (tertiary/aromatic N) is 2. The average molecular weight is 555 g/mol. The second kappa shape index (κ2) is 15.0. The van der Waals surface area contributed by atoms with E-state index in [2.05, 4.69) is 22.5 Å². The Hall–Kier alpha value is -0.910. The molecule has 174 valence electrons. The number of rotatable bonds is 12. The van der Waals surface area contributed by atoms with Gasteiger partial charge in [0.25, 0.3) is 0 Å². The number of benzene rings is 1. The molecular weight excluding hydrogens is 515 g/mol. The van der Waals surface area contributed by atoms with Crippen LogP contribution in [0, 0.1) is 5.92 Å². The molecule has 0 aromatic heterocycles. The molecule has 7 nitrogen and oxygen atoms in total. The molecule has 30 heavy (non-hydrogen) atoms. The molecule has 1 rings (SSSR count). The van der Waals surface area contributed by atoms with Gasteiger partial charge in [0.05, 0.1) is 11.4 Å². The Balaban J connectivity index is 0.00000841. The van der Waals surface area contributed by atoms with E-state index in [0.717, 1.165) is 43.9 Å². The van der Waals surface area contributed by atoms with Gasteiger partial charge in [0.1, 0.15) is 0 Å². The molecule has 1 aromatic carbocycles. The lowest BCUT2D eigenvalue weighted by Gasteiger charge is -2.21. The highest BCUT2D eigenvalue weighted by Gasteiger charge is 2.22. The van der Waals surface area contributed by atoms with Gasteiger partial charge in [-0.3, -0.25) is 0 Å². The second-order valence-electron chi connectivity index (χ2n) is 7.50. The van der Waals surface area contributed by atoms with Gasteiger partial charge < -0.3 is 15.7 Å².